The van der Waals surface area contributed by atoms with Gasteiger partial charge >= 0.3 is 0 Å². The number of halogens is 2. The van der Waals surface area contributed by atoms with Crippen LogP contribution >= 0.6 is 23.2 Å². The normalized spacial score (nSPS) is 16.9. The summed E-state index contributed by atoms with van der Waals surface area (Å²) in [7, 11) is 0. The van der Waals surface area contributed by atoms with Crippen LogP contribution in [0, 0.1) is 0 Å². The van der Waals surface area contributed by atoms with Gasteiger partial charge in [-0.3, -0.25) is 4.79 Å². The molecule has 3 rings (SSSR count). The minimum atomic E-state index is -0.941. The number of aliphatic hydroxyl groups excluding tert-OH is 1. The number of anilines is 1. The van der Waals surface area contributed by atoms with Gasteiger partial charge in [-0.25, -0.2) is 0 Å². The van der Waals surface area contributed by atoms with Crippen molar-refractivity contribution in [1.29, 1.82) is 0 Å². The van der Waals surface area contributed by atoms with Crippen molar-refractivity contribution in [2.24, 2.45) is 0 Å². The Balaban J connectivity index is 1.79. The van der Waals surface area contributed by atoms with E-state index < -0.39 is 6.23 Å². The topological polar surface area (TPSA) is 61.4 Å². The molecule has 1 heterocycles. The largest absolute Gasteiger partial charge is 0.381 e. The Morgan fingerprint density at radius 3 is 2.68 bits per heavy atom. The molecule has 0 spiro atoms. The molecular formula is C16H14Cl2N2O2. The molecule has 0 bridgehead atoms. The van der Waals surface area contributed by atoms with Gasteiger partial charge in [0, 0.05) is 33.4 Å². The molecule has 0 fully saturated rings. The first kappa shape index (κ1) is 15.2. The summed E-state index contributed by atoms with van der Waals surface area (Å²) in [5.74, 6) is -0.189. The minimum Gasteiger partial charge on any atom is -0.381 e. The average Bonchev–Trinajstić information content (AvgIpc) is 2.46. The summed E-state index contributed by atoms with van der Waals surface area (Å²) in [5, 5.41) is 16.8. The lowest BCUT2D eigenvalue weighted by Crippen LogP contribution is -2.35. The fraction of sp³-hybridized carbons (Fsp3) is 0.188. The molecule has 22 heavy (non-hydrogen) atoms. The molecule has 0 aromatic heterocycles. The van der Waals surface area contributed by atoms with Crippen molar-refractivity contribution in [2.45, 2.75) is 19.2 Å². The molecule has 2 aromatic carbocycles. The average molecular weight is 337 g/mol. The molecule has 0 saturated heterocycles. The van der Waals surface area contributed by atoms with E-state index >= 15 is 0 Å². The molecular weight excluding hydrogens is 323 g/mol. The number of rotatable bonds is 3. The summed E-state index contributed by atoms with van der Waals surface area (Å²) < 4.78 is 0. The molecule has 1 unspecified atom stereocenters. The summed E-state index contributed by atoms with van der Waals surface area (Å²) in [6.07, 6.45) is -0.683. The number of carbonyl (C=O) groups excluding carboxylic acids is 1. The molecule has 1 amide bonds. The molecule has 4 nitrogen and oxygen atoms in total. The first-order valence-electron chi connectivity index (χ1n) is 6.81. The highest BCUT2D eigenvalue weighted by Gasteiger charge is 2.22. The van der Waals surface area contributed by atoms with E-state index in [9.17, 15) is 9.90 Å². The third kappa shape index (κ3) is 3.04. The fourth-order valence-electron chi connectivity index (χ4n) is 2.48. The van der Waals surface area contributed by atoms with Crippen LogP contribution in [0.4, 0.5) is 5.69 Å². The van der Waals surface area contributed by atoms with E-state index in [2.05, 4.69) is 10.6 Å². The van der Waals surface area contributed by atoms with Crippen LogP contribution in [0.15, 0.2) is 36.4 Å². The van der Waals surface area contributed by atoms with E-state index in [1.54, 1.807) is 24.3 Å². The Bertz CT molecular complexity index is 714. The van der Waals surface area contributed by atoms with Crippen LogP contribution in [0.1, 0.15) is 22.9 Å². The van der Waals surface area contributed by atoms with Crippen molar-refractivity contribution in [1.82, 2.24) is 5.32 Å². The van der Waals surface area contributed by atoms with Crippen LogP contribution in [0.2, 0.25) is 10.0 Å². The van der Waals surface area contributed by atoms with Crippen LogP contribution in [0.25, 0.3) is 0 Å². The van der Waals surface area contributed by atoms with Gasteiger partial charge in [-0.15, -0.1) is 0 Å². The van der Waals surface area contributed by atoms with Crippen molar-refractivity contribution in [3.8, 4) is 0 Å². The highest BCUT2D eigenvalue weighted by atomic mass is 35.5. The molecule has 6 heteroatoms. The van der Waals surface area contributed by atoms with Gasteiger partial charge in [0.2, 0.25) is 5.91 Å². The lowest BCUT2D eigenvalue weighted by molar-refractivity contribution is -0.124. The molecule has 0 aliphatic carbocycles. The van der Waals surface area contributed by atoms with Gasteiger partial charge in [-0.1, -0.05) is 35.3 Å². The van der Waals surface area contributed by atoms with Crippen molar-refractivity contribution in [3.63, 3.8) is 0 Å². The number of nitrogens with one attached hydrogen (secondary N) is 2. The minimum absolute atomic E-state index is 0.189. The quantitative estimate of drug-likeness (QED) is 0.806. The van der Waals surface area contributed by atoms with Crippen molar-refractivity contribution in [3.05, 3.63) is 63.1 Å². The zero-order chi connectivity index (χ0) is 15.7. The summed E-state index contributed by atoms with van der Waals surface area (Å²) in [5.41, 5.74) is 3.20. The Hall–Kier alpha value is -1.75. The Kier molecular flexibility index (Phi) is 4.25. The number of hydrogen-bond acceptors (Lipinski definition) is 3. The highest BCUT2D eigenvalue weighted by Crippen LogP contribution is 2.27. The predicted molar refractivity (Wildman–Crippen MR) is 87.0 cm³/mol. The first-order valence-corrected chi connectivity index (χ1v) is 7.57. The van der Waals surface area contributed by atoms with Crippen molar-refractivity contribution in [2.75, 3.05) is 5.32 Å². The molecule has 1 atom stereocenters. The second kappa shape index (κ2) is 6.16. The second-order valence-corrected chi connectivity index (χ2v) is 5.93. The summed E-state index contributed by atoms with van der Waals surface area (Å²) in [4.78, 5) is 11.5. The monoisotopic (exact) mass is 336 g/mol. The number of hydrogen-bond donors (Lipinski definition) is 3. The maximum Gasteiger partial charge on any atom is 0.226 e. The molecule has 3 N–H and O–H groups in total. The van der Waals surface area contributed by atoms with Crippen LogP contribution in [0.5, 0.6) is 0 Å². The van der Waals surface area contributed by atoms with E-state index in [0.717, 1.165) is 22.4 Å². The maximum atomic E-state index is 11.5. The van der Waals surface area contributed by atoms with Crippen LogP contribution in [-0.4, -0.2) is 11.0 Å². The second-order valence-electron chi connectivity index (χ2n) is 5.11. The smallest absolute Gasteiger partial charge is 0.226 e. The number of carbonyl (C=O) groups is 1. The molecule has 1 aliphatic rings. The van der Waals surface area contributed by atoms with Crippen LogP contribution in [-0.2, 0) is 17.8 Å². The van der Waals surface area contributed by atoms with Gasteiger partial charge in [0.15, 0.2) is 6.23 Å². The molecule has 2 aromatic rings. The number of aliphatic hydroxyl groups is 1. The van der Waals surface area contributed by atoms with Crippen molar-refractivity contribution >= 4 is 34.8 Å². The third-order valence-corrected chi connectivity index (χ3v) is 4.33. The number of amides is 1. The third-order valence-electron chi connectivity index (χ3n) is 3.62. The molecule has 114 valence electrons. The maximum absolute atomic E-state index is 11.5. The predicted octanol–water partition coefficient (Wildman–Crippen LogP) is 3.27. The van der Waals surface area contributed by atoms with Crippen LogP contribution < -0.4 is 10.6 Å². The number of benzene rings is 2. The van der Waals surface area contributed by atoms with E-state index in [1.807, 2.05) is 12.1 Å². The van der Waals surface area contributed by atoms with Gasteiger partial charge in [-0.2, -0.15) is 0 Å². The number of fused-ring (bicyclic) bond motifs is 1. The first-order chi connectivity index (χ1) is 10.5. The fourth-order valence-corrected chi connectivity index (χ4v) is 3.01. The molecule has 0 radical (unpaired) electrons. The van der Waals surface area contributed by atoms with Gasteiger partial charge in [-0.05, 0) is 29.8 Å². The van der Waals surface area contributed by atoms with E-state index in [1.165, 1.54) is 0 Å². The van der Waals surface area contributed by atoms with E-state index in [0.29, 0.717) is 16.6 Å². The summed E-state index contributed by atoms with van der Waals surface area (Å²) in [6.45, 7) is 0.478. The standard InChI is InChI=1S/C16H14Cl2N2O2/c17-13-2-1-3-14(18)12(13)8-19-10-4-5-11-9(6-10)7-15(21)20-16(11)22/h1-6,16,19,22H,7-8H2,(H,20,21). The van der Waals surface area contributed by atoms with Crippen molar-refractivity contribution < 1.29 is 9.90 Å². The lowest BCUT2D eigenvalue weighted by atomic mass is 9.98. The summed E-state index contributed by atoms with van der Waals surface area (Å²) in [6, 6.07) is 10.9. The zero-order valence-corrected chi connectivity index (χ0v) is 13.1. The van der Waals surface area contributed by atoms with Crippen LogP contribution in [0.3, 0.4) is 0 Å². The van der Waals surface area contributed by atoms with Gasteiger partial charge in [0.1, 0.15) is 0 Å². The van der Waals surface area contributed by atoms with Gasteiger partial charge in [0.25, 0.3) is 0 Å². The lowest BCUT2D eigenvalue weighted by Gasteiger charge is -2.23. The summed E-state index contributed by atoms with van der Waals surface area (Å²) >= 11 is 12.3. The van der Waals surface area contributed by atoms with E-state index in [-0.39, 0.29) is 12.3 Å². The van der Waals surface area contributed by atoms with Gasteiger partial charge in [0.05, 0.1) is 6.42 Å². The Morgan fingerprint density at radius 2 is 1.95 bits per heavy atom. The Labute approximate surface area is 138 Å². The molecule has 1 aliphatic heterocycles. The zero-order valence-electron chi connectivity index (χ0n) is 11.6. The Morgan fingerprint density at radius 1 is 1.23 bits per heavy atom. The highest BCUT2D eigenvalue weighted by molar-refractivity contribution is 6.36. The SMILES string of the molecule is O=C1Cc2cc(NCc3c(Cl)cccc3Cl)ccc2C(O)N1. The van der Waals surface area contributed by atoms with Gasteiger partial charge < -0.3 is 15.7 Å². The molecule has 0 saturated carbocycles. The van der Waals surface area contributed by atoms with E-state index in [4.69, 9.17) is 23.2 Å².